The molecule has 0 aromatic heterocycles. The first kappa shape index (κ1) is 31.1. The lowest BCUT2D eigenvalue weighted by molar-refractivity contribution is -0.137. The van der Waals surface area contributed by atoms with Crippen molar-refractivity contribution in [2.45, 2.75) is 26.4 Å². The number of hydrogen-bond donors (Lipinski definition) is 3. The van der Waals surface area contributed by atoms with Crippen LogP contribution in [-0.4, -0.2) is 37.1 Å². The minimum Gasteiger partial charge on any atom is -0.490 e. The van der Waals surface area contributed by atoms with Gasteiger partial charge in [0.15, 0.2) is 18.1 Å². The van der Waals surface area contributed by atoms with Crippen LogP contribution < -0.4 is 25.5 Å². The second kappa shape index (κ2) is 14.3. The Kier molecular flexibility index (Phi) is 10.9. The molecule has 0 saturated heterocycles. The van der Waals surface area contributed by atoms with Gasteiger partial charge in [-0.2, -0.15) is 18.3 Å². The van der Waals surface area contributed by atoms with E-state index in [0.717, 1.165) is 17.7 Å². The maximum absolute atomic E-state index is 13.2. The second-order valence-electron chi connectivity index (χ2n) is 8.31. The van der Waals surface area contributed by atoms with Crippen molar-refractivity contribution in [1.29, 1.82) is 0 Å². The summed E-state index contributed by atoms with van der Waals surface area (Å²) in [5, 5.41) is 8.56. The van der Waals surface area contributed by atoms with Gasteiger partial charge >= 0.3 is 18.0 Å². The minimum absolute atomic E-state index is 0.126. The van der Waals surface area contributed by atoms with E-state index >= 15 is 0 Å². The molecule has 3 aromatic rings. The predicted molar refractivity (Wildman–Crippen MR) is 151 cm³/mol. The van der Waals surface area contributed by atoms with Gasteiger partial charge in [-0.3, -0.25) is 14.4 Å². The molecule has 0 aliphatic heterocycles. The molecule has 0 spiro atoms. The predicted octanol–water partition coefficient (Wildman–Crippen LogP) is 5.54. The molecule has 13 heteroatoms. The zero-order valence-electron chi connectivity index (χ0n) is 22.0. The summed E-state index contributed by atoms with van der Waals surface area (Å²) in [5.74, 6) is -2.36. The number of benzene rings is 3. The van der Waals surface area contributed by atoms with Gasteiger partial charge in [0.25, 0.3) is 5.91 Å². The van der Waals surface area contributed by atoms with Crippen LogP contribution >= 0.6 is 15.9 Å². The molecule has 9 nitrogen and oxygen atoms in total. The smallest absolute Gasteiger partial charge is 0.418 e. The van der Waals surface area contributed by atoms with Crippen molar-refractivity contribution in [2.75, 3.05) is 23.8 Å². The molecule has 0 bridgehead atoms. The van der Waals surface area contributed by atoms with Crippen molar-refractivity contribution in [2.24, 2.45) is 5.10 Å². The van der Waals surface area contributed by atoms with Crippen LogP contribution in [0.4, 0.5) is 24.5 Å². The third kappa shape index (κ3) is 8.80. The van der Waals surface area contributed by atoms with Gasteiger partial charge in [0.1, 0.15) is 0 Å². The number of ether oxygens (including phenoxy) is 2. The summed E-state index contributed by atoms with van der Waals surface area (Å²) in [6.07, 6.45) is -2.70. The van der Waals surface area contributed by atoms with Gasteiger partial charge in [-0.15, -0.1) is 0 Å². The quantitative estimate of drug-likeness (QED) is 0.154. The molecular weight excluding hydrogens is 609 g/mol. The first-order valence-electron chi connectivity index (χ1n) is 12.3. The van der Waals surface area contributed by atoms with Gasteiger partial charge in [0, 0.05) is 5.69 Å². The van der Waals surface area contributed by atoms with Crippen LogP contribution in [0.25, 0.3) is 0 Å². The van der Waals surface area contributed by atoms with Crippen molar-refractivity contribution >= 4 is 51.2 Å². The van der Waals surface area contributed by atoms with Crippen molar-refractivity contribution in [1.82, 2.24) is 5.43 Å². The molecule has 3 N–H and O–H groups in total. The summed E-state index contributed by atoms with van der Waals surface area (Å²) < 4.78 is 51.1. The summed E-state index contributed by atoms with van der Waals surface area (Å²) in [4.78, 5) is 36.8. The van der Waals surface area contributed by atoms with Gasteiger partial charge < -0.3 is 20.1 Å². The number of carbonyl (C=O) groups excluding carboxylic acids is 3. The molecule has 0 unspecified atom stereocenters. The van der Waals surface area contributed by atoms with E-state index in [-0.39, 0.29) is 18.1 Å². The number of alkyl halides is 3. The number of halogens is 4. The largest absolute Gasteiger partial charge is 0.490 e. The number of amides is 3. The Morgan fingerprint density at radius 2 is 1.61 bits per heavy atom. The molecule has 216 valence electrons. The second-order valence-corrected chi connectivity index (χ2v) is 9.16. The van der Waals surface area contributed by atoms with E-state index in [1.54, 1.807) is 25.1 Å². The van der Waals surface area contributed by atoms with E-state index in [1.165, 1.54) is 24.4 Å². The number of nitrogens with zero attached hydrogens (tertiary/aromatic N) is 1. The topological polar surface area (TPSA) is 118 Å². The molecule has 3 amide bonds. The average molecular weight is 635 g/mol. The Bertz CT molecular complexity index is 1450. The molecule has 3 aromatic carbocycles. The van der Waals surface area contributed by atoms with Crippen LogP contribution in [0.5, 0.6) is 11.5 Å². The van der Waals surface area contributed by atoms with Crippen LogP contribution in [-0.2, 0) is 27.0 Å². The van der Waals surface area contributed by atoms with E-state index < -0.39 is 41.8 Å². The summed E-state index contributed by atoms with van der Waals surface area (Å²) in [6, 6.07) is 14.7. The van der Waals surface area contributed by atoms with Gasteiger partial charge in [0.05, 0.1) is 28.5 Å². The molecule has 0 heterocycles. The number of hydrogen-bond acceptors (Lipinski definition) is 6. The zero-order chi connectivity index (χ0) is 30.0. The number of carbonyl (C=O) groups is 3. The fraction of sp³-hybridized carbons (Fsp3) is 0.214. The summed E-state index contributed by atoms with van der Waals surface area (Å²) in [7, 11) is 0. The third-order valence-electron chi connectivity index (χ3n) is 5.42. The molecule has 0 saturated carbocycles. The van der Waals surface area contributed by atoms with Crippen molar-refractivity contribution in [3.63, 3.8) is 0 Å². The molecule has 0 atom stereocenters. The standard InChI is InChI=1S/C28H26BrF3N4O5/c1-3-18-9-5-7-11-21(18)35-26(38)27(39)36-33-15-17-13-20(29)25(23(14-17)40-4-2)41-16-24(37)34-22-12-8-6-10-19(22)28(30,31)32/h5-15H,3-4,16H2,1-2H3,(H,34,37)(H,35,38)(H,36,39)/b33-15-. The number of para-hydroxylation sites is 2. The normalized spacial score (nSPS) is 11.2. The Hall–Kier alpha value is -4.39. The molecule has 0 aliphatic rings. The maximum Gasteiger partial charge on any atom is 0.418 e. The van der Waals surface area contributed by atoms with E-state index in [2.05, 4.69) is 37.1 Å². The van der Waals surface area contributed by atoms with Crippen LogP contribution in [0.3, 0.4) is 0 Å². The molecule has 41 heavy (non-hydrogen) atoms. The fourth-order valence-electron chi connectivity index (χ4n) is 3.57. The molecule has 0 aliphatic carbocycles. The van der Waals surface area contributed by atoms with Crippen LogP contribution in [0, 0.1) is 0 Å². The average Bonchev–Trinajstić information content (AvgIpc) is 2.92. The summed E-state index contributed by atoms with van der Waals surface area (Å²) in [5.41, 5.74) is 2.61. The van der Waals surface area contributed by atoms with Crippen LogP contribution in [0.2, 0.25) is 0 Å². The van der Waals surface area contributed by atoms with Gasteiger partial charge in [0.2, 0.25) is 0 Å². The SMILES string of the molecule is CCOc1cc(/C=N\NC(=O)C(=O)Nc2ccccc2CC)cc(Br)c1OCC(=O)Nc1ccccc1C(F)(F)F. The van der Waals surface area contributed by atoms with Gasteiger partial charge in [-0.25, -0.2) is 5.43 Å². The lowest BCUT2D eigenvalue weighted by Gasteiger charge is -2.16. The Morgan fingerprint density at radius 3 is 2.29 bits per heavy atom. The van der Waals surface area contributed by atoms with E-state index in [1.807, 2.05) is 19.1 Å². The first-order valence-corrected chi connectivity index (χ1v) is 13.1. The number of nitrogens with one attached hydrogen (secondary N) is 3. The monoisotopic (exact) mass is 634 g/mol. The molecular formula is C28H26BrF3N4O5. The zero-order valence-corrected chi connectivity index (χ0v) is 23.6. The highest BCUT2D eigenvalue weighted by atomic mass is 79.9. The molecule has 3 rings (SSSR count). The van der Waals surface area contributed by atoms with Crippen molar-refractivity contribution in [3.05, 3.63) is 81.8 Å². The van der Waals surface area contributed by atoms with Gasteiger partial charge in [-0.1, -0.05) is 37.3 Å². The van der Waals surface area contributed by atoms with E-state index in [9.17, 15) is 27.6 Å². The molecule has 0 radical (unpaired) electrons. The van der Waals surface area contributed by atoms with E-state index in [4.69, 9.17) is 9.47 Å². The van der Waals surface area contributed by atoms with Crippen LogP contribution in [0.1, 0.15) is 30.5 Å². The fourth-order valence-corrected chi connectivity index (χ4v) is 4.15. The highest BCUT2D eigenvalue weighted by Gasteiger charge is 2.33. The Balaban J connectivity index is 1.65. The third-order valence-corrected chi connectivity index (χ3v) is 6.01. The maximum atomic E-state index is 13.2. The lowest BCUT2D eigenvalue weighted by atomic mass is 10.1. The Labute approximate surface area is 242 Å². The number of rotatable bonds is 10. The van der Waals surface area contributed by atoms with Gasteiger partial charge in [-0.05, 0) is 70.7 Å². The summed E-state index contributed by atoms with van der Waals surface area (Å²) in [6.45, 7) is 3.26. The minimum atomic E-state index is -4.64. The summed E-state index contributed by atoms with van der Waals surface area (Å²) >= 11 is 3.32. The van der Waals surface area contributed by atoms with Crippen LogP contribution in [0.15, 0.2) is 70.2 Å². The number of hydrazone groups is 1. The highest BCUT2D eigenvalue weighted by molar-refractivity contribution is 9.10. The highest BCUT2D eigenvalue weighted by Crippen LogP contribution is 2.37. The molecule has 0 fully saturated rings. The van der Waals surface area contributed by atoms with Crippen molar-refractivity contribution < 1.29 is 37.0 Å². The van der Waals surface area contributed by atoms with Crippen molar-refractivity contribution in [3.8, 4) is 11.5 Å². The first-order chi connectivity index (χ1) is 19.5. The Morgan fingerprint density at radius 1 is 0.927 bits per heavy atom. The number of anilines is 2. The number of aryl methyl sites for hydroxylation is 1. The van der Waals surface area contributed by atoms with E-state index in [0.29, 0.717) is 22.1 Å². The lowest BCUT2D eigenvalue weighted by Crippen LogP contribution is -2.32.